The van der Waals surface area contributed by atoms with Crippen LogP contribution < -0.4 is 5.73 Å². The Kier molecular flexibility index (Phi) is 4.19. The van der Waals surface area contributed by atoms with Crippen molar-refractivity contribution in [1.29, 1.82) is 0 Å². The van der Waals surface area contributed by atoms with Crippen molar-refractivity contribution in [2.24, 2.45) is 5.73 Å². The molecule has 0 aromatic carbocycles. The number of morpholine rings is 1. The van der Waals surface area contributed by atoms with Crippen LogP contribution in [0.15, 0.2) is 0 Å². The Morgan fingerprint density at radius 1 is 1.44 bits per heavy atom. The second-order valence-corrected chi connectivity index (χ2v) is 4.93. The minimum Gasteiger partial charge on any atom is -0.379 e. The highest BCUT2D eigenvalue weighted by Gasteiger charge is 2.39. The first-order valence-electron chi connectivity index (χ1n) is 6.45. The lowest BCUT2D eigenvalue weighted by atomic mass is 9.89. The molecule has 0 aliphatic carbocycles. The van der Waals surface area contributed by atoms with Gasteiger partial charge in [-0.05, 0) is 19.3 Å². The van der Waals surface area contributed by atoms with Crippen LogP contribution in [0.4, 0.5) is 0 Å². The summed E-state index contributed by atoms with van der Waals surface area (Å²) < 4.78 is 11.4. The SMILES string of the molecule is CCC1CN(C2(CN)CCCOC2)CCO1. The Labute approximate surface area is 98.1 Å². The van der Waals surface area contributed by atoms with E-state index in [2.05, 4.69) is 11.8 Å². The van der Waals surface area contributed by atoms with E-state index in [1.807, 2.05) is 0 Å². The van der Waals surface area contributed by atoms with Crippen molar-refractivity contribution in [3.8, 4) is 0 Å². The Morgan fingerprint density at radius 2 is 2.31 bits per heavy atom. The van der Waals surface area contributed by atoms with Crippen molar-refractivity contribution < 1.29 is 9.47 Å². The smallest absolute Gasteiger partial charge is 0.0700 e. The van der Waals surface area contributed by atoms with Gasteiger partial charge in [0.1, 0.15) is 0 Å². The minimum absolute atomic E-state index is 0.0788. The van der Waals surface area contributed by atoms with Gasteiger partial charge in [-0.2, -0.15) is 0 Å². The van der Waals surface area contributed by atoms with E-state index in [1.54, 1.807) is 0 Å². The third kappa shape index (κ3) is 2.40. The second kappa shape index (κ2) is 5.45. The van der Waals surface area contributed by atoms with Gasteiger partial charge in [0, 0.05) is 26.2 Å². The molecule has 0 saturated carbocycles. The third-order valence-corrected chi connectivity index (χ3v) is 3.95. The minimum atomic E-state index is 0.0788. The van der Waals surface area contributed by atoms with E-state index in [0.29, 0.717) is 12.6 Å². The molecule has 2 aliphatic rings. The molecular formula is C12H24N2O2. The zero-order chi connectivity index (χ0) is 11.4. The van der Waals surface area contributed by atoms with Crippen molar-refractivity contribution in [3.63, 3.8) is 0 Å². The average Bonchev–Trinajstić information content (AvgIpc) is 2.39. The number of nitrogens with two attached hydrogens (primary N) is 1. The first-order chi connectivity index (χ1) is 7.80. The van der Waals surface area contributed by atoms with Gasteiger partial charge in [-0.3, -0.25) is 4.90 Å². The van der Waals surface area contributed by atoms with Gasteiger partial charge in [-0.25, -0.2) is 0 Å². The largest absolute Gasteiger partial charge is 0.379 e. The molecule has 2 N–H and O–H groups in total. The van der Waals surface area contributed by atoms with Crippen LogP contribution in [0.3, 0.4) is 0 Å². The Hall–Kier alpha value is -0.160. The highest BCUT2D eigenvalue weighted by atomic mass is 16.5. The van der Waals surface area contributed by atoms with Crippen LogP contribution in [-0.4, -0.2) is 56.0 Å². The van der Waals surface area contributed by atoms with E-state index < -0.39 is 0 Å². The molecule has 0 aromatic heterocycles. The van der Waals surface area contributed by atoms with E-state index in [4.69, 9.17) is 15.2 Å². The molecule has 16 heavy (non-hydrogen) atoms. The lowest BCUT2D eigenvalue weighted by Crippen LogP contribution is -2.62. The Morgan fingerprint density at radius 3 is 2.94 bits per heavy atom. The number of rotatable bonds is 3. The van der Waals surface area contributed by atoms with Crippen LogP contribution >= 0.6 is 0 Å². The van der Waals surface area contributed by atoms with Crippen molar-refractivity contribution in [1.82, 2.24) is 4.90 Å². The zero-order valence-corrected chi connectivity index (χ0v) is 10.3. The van der Waals surface area contributed by atoms with Crippen molar-refractivity contribution in [3.05, 3.63) is 0 Å². The normalized spacial score (nSPS) is 37.5. The van der Waals surface area contributed by atoms with Crippen molar-refractivity contribution in [2.75, 3.05) is 39.5 Å². The molecule has 2 rings (SSSR count). The van der Waals surface area contributed by atoms with E-state index in [1.165, 1.54) is 6.42 Å². The molecule has 2 saturated heterocycles. The predicted molar refractivity (Wildman–Crippen MR) is 63.4 cm³/mol. The molecule has 2 unspecified atom stereocenters. The van der Waals surface area contributed by atoms with Gasteiger partial charge in [0.05, 0.1) is 24.9 Å². The number of nitrogens with zero attached hydrogens (tertiary/aromatic N) is 1. The summed E-state index contributed by atoms with van der Waals surface area (Å²) in [5.41, 5.74) is 6.07. The van der Waals surface area contributed by atoms with Crippen LogP contribution in [0.1, 0.15) is 26.2 Å². The summed E-state index contributed by atoms with van der Waals surface area (Å²) in [4.78, 5) is 2.50. The van der Waals surface area contributed by atoms with Crippen LogP contribution in [-0.2, 0) is 9.47 Å². The van der Waals surface area contributed by atoms with E-state index in [9.17, 15) is 0 Å². The van der Waals surface area contributed by atoms with Gasteiger partial charge in [0.2, 0.25) is 0 Å². The van der Waals surface area contributed by atoms with Crippen LogP contribution in [0.2, 0.25) is 0 Å². The monoisotopic (exact) mass is 228 g/mol. The first-order valence-corrected chi connectivity index (χ1v) is 6.45. The summed E-state index contributed by atoms with van der Waals surface area (Å²) in [6.07, 6.45) is 3.75. The van der Waals surface area contributed by atoms with Gasteiger partial charge < -0.3 is 15.2 Å². The van der Waals surface area contributed by atoms with E-state index in [0.717, 1.165) is 45.8 Å². The lowest BCUT2D eigenvalue weighted by molar-refractivity contribution is -0.108. The average molecular weight is 228 g/mol. The van der Waals surface area contributed by atoms with E-state index in [-0.39, 0.29) is 5.54 Å². The van der Waals surface area contributed by atoms with Gasteiger partial charge in [-0.1, -0.05) is 6.92 Å². The molecule has 0 amide bonds. The van der Waals surface area contributed by atoms with Crippen LogP contribution in [0.25, 0.3) is 0 Å². The molecule has 0 bridgehead atoms. The lowest BCUT2D eigenvalue weighted by Gasteiger charge is -2.48. The third-order valence-electron chi connectivity index (χ3n) is 3.95. The molecule has 2 aliphatic heterocycles. The maximum Gasteiger partial charge on any atom is 0.0700 e. The molecule has 4 nitrogen and oxygen atoms in total. The summed E-state index contributed by atoms with van der Waals surface area (Å²) >= 11 is 0. The Balaban J connectivity index is 2.01. The number of hydrogen-bond donors (Lipinski definition) is 1. The van der Waals surface area contributed by atoms with Crippen LogP contribution in [0, 0.1) is 0 Å². The highest BCUT2D eigenvalue weighted by molar-refractivity contribution is 4.95. The number of hydrogen-bond acceptors (Lipinski definition) is 4. The summed E-state index contributed by atoms with van der Waals surface area (Å²) in [6, 6.07) is 0. The molecule has 0 spiro atoms. The molecule has 2 heterocycles. The summed E-state index contributed by atoms with van der Waals surface area (Å²) in [6.45, 7) is 7.40. The fourth-order valence-corrected chi connectivity index (χ4v) is 2.77. The first kappa shape index (κ1) is 12.3. The van der Waals surface area contributed by atoms with Gasteiger partial charge in [0.15, 0.2) is 0 Å². The standard InChI is InChI=1S/C12H24N2O2/c1-2-11-8-14(5-7-16-11)12(9-13)4-3-6-15-10-12/h11H,2-10,13H2,1H3. The molecule has 94 valence electrons. The predicted octanol–water partition coefficient (Wildman–Crippen LogP) is 0.605. The van der Waals surface area contributed by atoms with Crippen molar-refractivity contribution >= 4 is 0 Å². The topological polar surface area (TPSA) is 47.7 Å². The summed E-state index contributed by atoms with van der Waals surface area (Å²) in [5.74, 6) is 0. The second-order valence-electron chi connectivity index (χ2n) is 4.93. The Bertz CT molecular complexity index is 217. The van der Waals surface area contributed by atoms with Gasteiger partial charge in [-0.15, -0.1) is 0 Å². The van der Waals surface area contributed by atoms with E-state index >= 15 is 0 Å². The van der Waals surface area contributed by atoms with Gasteiger partial charge >= 0.3 is 0 Å². The molecular weight excluding hydrogens is 204 g/mol. The highest BCUT2D eigenvalue weighted by Crippen LogP contribution is 2.27. The molecule has 2 atom stereocenters. The fraction of sp³-hybridized carbons (Fsp3) is 1.00. The summed E-state index contributed by atoms with van der Waals surface area (Å²) in [7, 11) is 0. The molecule has 2 fully saturated rings. The maximum atomic E-state index is 5.99. The van der Waals surface area contributed by atoms with Gasteiger partial charge in [0.25, 0.3) is 0 Å². The number of ether oxygens (including phenoxy) is 2. The van der Waals surface area contributed by atoms with Crippen LogP contribution in [0.5, 0.6) is 0 Å². The quantitative estimate of drug-likeness (QED) is 0.768. The molecule has 0 radical (unpaired) electrons. The molecule has 4 heteroatoms. The zero-order valence-electron chi connectivity index (χ0n) is 10.3. The molecule has 0 aromatic rings. The summed E-state index contributed by atoms with van der Waals surface area (Å²) in [5, 5.41) is 0. The maximum absolute atomic E-state index is 5.99. The van der Waals surface area contributed by atoms with Crippen molar-refractivity contribution in [2.45, 2.75) is 37.8 Å². The fourth-order valence-electron chi connectivity index (χ4n) is 2.77.